The first-order valence-electron chi connectivity index (χ1n) is 18.9. The Morgan fingerprint density at radius 3 is 1.45 bits per heavy atom. The van der Waals surface area contributed by atoms with Crippen LogP contribution in [0.25, 0.3) is 44.2 Å². The summed E-state index contributed by atoms with van der Waals surface area (Å²) in [5.74, 6) is 1.79. The molecule has 2 aliphatic rings. The first kappa shape index (κ1) is 31.4. The second kappa shape index (κ2) is 12.5. The lowest BCUT2D eigenvalue weighted by Gasteiger charge is -2.40. The van der Waals surface area contributed by atoms with Gasteiger partial charge >= 0.3 is 0 Å². The number of benzene rings is 9. The molecule has 0 radical (unpaired) electrons. The number of anilines is 3. The van der Waals surface area contributed by atoms with E-state index in [0.717, 1.165) is 34.1 Å². The Kier molecular flexibility index (Phi) is 7.11. The molecule has 0 saturated carbocycles. The molecule has 1 aliphatic heterocycles. The van der Waals surface area contributed by atoms with Crippen LogP contribution in [-0.2, 0) is 5.41 Å². The smallest absolute Gasteiger partial charge is 0.132 e. The second-order valence-electron chi connectivity index (χ2n) is 14.5. The summed E-state index contributed by atoms with van der Waals surface area (Å²) in [5, 5.41) is 2.37. The molecule has 55 heavy (non-hydrogen) atoms. The Morgan fingerprint density at radius 1 is 0.309 bits per heavy atom. The molecule has 11 rings (SSSR count). The van der Waals surface area contributed by atoms with Crippen LogP contribution in [0.3, 0.4) is 0 Å². The third-order valence-corrected chi connectivity index (χ3v) is 11.5. The van der Waals surface area contributed by atoms with Crippen molar-refractivity contribution in [3.63, 3.8) is 0 Å². The molecule has 1 heterocycles. The van der Waals surface area contributed by atoms with E-state index in [2.05, 4.69) is 217 Å². The second-order valence-corrected chi connectivity index (χ2v) is 14.5. The monoisotopic (exact) mass is 701 g/mol. The topological polar surface area (TPSA) is 12.5 Å². The largest absolute Gasteiger partial charge is 0.457 e. The van der Waals surface area contributed by atoms with Gasteiger partial charge in [-0.25, -0.2) is 0 Å². The van der Waals surface area contributed by atoms with Crippen molar-refractivity contribution < 1.29 is 4.74 Å². The molecule has 0 fully saturated rings. The quantitative estimate of drug-likeness (QED) is 0.177. The molecule has 2 nitrogen and oxygen atoms in total. The fraction of sp³-hybridized carbons (Fsp3) is 0.0189. The van der Waals surface area contributed by atoms with E-state index in [9.17, 15) is 0 Å². The zero-order chi connectivity index (χ0) is 36.3. The van der Waals surface area contributed by atoms with Gasteiger partial charge in [-0.05, 0) is 110 Å². The van der Waals surface area contributed by atoms with Crippen molar-refractivity contribution >= 4 is 27.8 Å². The van der Waals surface area contributed by atoms with E-state index in [1.807, 2.05) is 0 Å². The average molecular weight is 702 g/mol. The van der Waals surface area contributed by atoms with Gasteiger partial charge in [0.25, 0.3) is 0 Å². The van der Waals surface area contributed by atoms with Crippen LogP contribution in [0.15, 0.2) is 212 Å². The average Bonchev–Trinajstić information content (AvgIpc) is 3.54. The van der Waals surface area contributed by atoms with Crippen molar-refractivity contribution in [2.45, 2.75) is 5.41 Å². The van der Waals surface area contributed by atoms with Gasteiger partial charge in [0, 0.05) is 28.2 Å². The molecule has 9 aromatic carbocycles. The Balaban J connectivity index is 1.15. The SMILES string of the molecule is c1ccc(-c2ccc(N(c3ccc(-c4ccccc4)cc3)c3ccc4c(c3)C3(c5ccccc5Oc5cc6ccccc6cc53)c3ccccc3-4)cc2)cc1. The molecule has 0 amide bonds. The number of para-hydroxylation sites is 1. The van der Waals surface area contributed by atoms with Crippen molar-refractivity contribution in [2.75, 3.05) is 4.90 Å². The number of hydrogen-bond acceptors (Lipinski definition) is 2. The first-order chi connectivity index (χ1) is 27.3. The predicted molar refractivity (Wildman–Crippen MR) is 227 cm³/mol. The van der Waals surface area contributed by atoms with Crippen molar-refractivity contribution in [1.82, 2.24) is 0 Å². The van der Waals surface area contributed by atoms with Crippen molar-refractivity contribution in [1.29, 1.82) is 0 Å². The molecular formula is C53H35NO. The van der Waals surface area contributed by atoms with Crippen LogP contribution in [-0.4, -0.2) is 0 Å². The third-order valence-electron chi connectivity index (χ3n) is 11.5. The number of hydrogen-bond donors (Lipinski definition) is 0. The highest BCUT2D eigenvalue weighted by molar-refractivity contribution is 5.94. The van der Waals surface area contributed by atoms with Gasteiger partial charge in [-0.3, -0.25) is 0 Å². The molecule has 1 atom stereocenters. The predicted octanol–water partition coefficient (Wildman–Crippen LogP) is 14.1. The van der Waals surface area contributed by atoms with Gasteiger partial charge in [0.15, 0.2) is 0 Å². The molecule has 1 unspecified atom stereocenters. The molecule has 1 spiro atoms. The summed E-state index contributed by atoms with van der Waals surface area (Å²) in [4.78, 5) is 2.40. The van der Waals surface area contributed by atoms with Gasteiger partial charge in [-0.15, -0.1) is 0 Å². The van der Waals surface area contributed by atoms with Crippen LogP contribution in [0.2, 0.25) is 0 Å². The van der Waals surface area contributed by atoms with E-state index < -0.39 is 5.41 Å². The maximum Gasteiger partial charge on any atom is 0.132 e. The van der Waals surface area contributed by atoms with E-state index in [-0.39, 0.29) is 0 Å². The Labute approximate surface area is 321 Å². The van der Waals surface area contributed by atoms with Crippen molar-refractivity contribution in [2.24, 2.45) is 0 Å². The number of rotatable bonds is 5. The highest BCUT2D eigenvalue weighted by atomic mass is 16.5. The van der Waals surface area contributed by atoms with E-state index in [1.165, 1.54) is 60.8 Å². The third kappa shape index (κ3) is 4.89. The first-order valence-corrected chi connectivity index (χ1v) is 18.9. The van der Waals surface area contributed by atoms with Gasteiger partial charge < -0.3 is 9.64 Å². The van der Waals surface area contributed by atoms with Crippen LogP contribution >= 0.6 is 0 Å². The Morgan fingerprint density at radius 2 is 0.800 bits per heavy atom. The lowest BCUT2D eigenvalue weighted by Crippen LogP contribution is -2.32. The molecule has 9 aromatic rings. The summed E-state index contributed by atoms with van der Waals surface area (Å²) in [6, 6.07) is 76.9. The highest BCUT2D eigenvalue weighted by Crippen LogP contribution is 2.63. The van der Waals surface area contributed by atoms with E-state index >= 15 is 0 Å². The molecule has 0 N–H and O–H groups in total. The Hall–Kier alpha value is -7.16. The van der Waals surface area contributed by atoms with Gasteiger partial charge in [0.2, 0.25) is 0 Å². The summed E-state index contributed by atoms with van der Waals surface area (Å²) in [7, 11) is 0. The number of ether oxygens (including phenoxy) is 1. The standard InChI is InChI=1S/C53H35NO/c1-3-13-36(14-4-1)38-23-27-42(28-24-38)54(43-29-25-39(26-30-43)37-15-5-2-6-16-37)44-31-32-46-45-19-9-10-20-47(45)53(49(46)35-44)48-21-11-12-22-51(48)55-52-34-41-18-8-7-17-40(41)33-50(52)53/h1-35H. The van der Waals surface area contributed by atoms with Crippen LogP contribution in [0, 0.1) is 0 Å². The zero-order valence-electron chi connectivity index (χ0n) is 30.1. The van der Waals surface area contributed by atoms with Crippen LogP contribution in [0.1, 0.15) is 22.3 Å². The molecule has 0 saturated heterocycles. The molecule has 0 bridgehead atoms. The summed E-state index contributed by atoms with van der Waals surface area (Å²) >= 11 is 0. The number of fused-ring (bicyclic) bond motifs is 10. The molecule has 2 heteroatoms. The Bertz CT molecular complexity index is 2800. The van der Waals surface area contributed by atoms with Gasteiger partial charge in [-0.1, -0.05) is 158 Å². The minimum absolute atomic E-state index is 0.587. The van der Waals surface area contributed by atoms with Crippen LogP contribution < -0.4 is 9.64 Å². The van der Waals surface area contributed by atoms with Crippen LogP contribution in [0.4, 0.5) is 17.1 Å². The van der Waals surface area contributed by atoms with E-state index in [0.29, 0.717) is 0 Å². The van der Waals surface area contributed by atoms with E-state index in [4.69, 9.17) is 4.74 Å². The van der Waals surface area contributed by atoms with Crippen molar-refractivity contribution in [3.05, 3.63) is 235 Å². The van der Waals surface area contributed by atoms with E-state index in [1.54, 1.807) is 0 Å². The normalized spacial score (nSPS) is 14.8. The maximum absolute atomic E-state index is 6.80. The number of nitrogens with zero attached hydrogens (tertiary/aromatic N) is 1. The molecule has 1 aliphatic carbocycles. The minimum atomic E-state index is -0.587. The molecular weight excluding hydrogens is 667 g/mol. The minimum Gasteiger partial charge on any atom is -0.457 e. The molecule has 0 aromatic heterocycles. The summed E-state index contributed by atoms with van der Waals surface area (Å²) in [5.41, 5.74) is 14.8. The highest BCUT2D eigenvalue weighted by Gasteiger charge is 2.51. The van der Waals surface area contributed by atoms with Crippen molar-refractivity contribution in [3.8, 4) is 44.9 Å². The fourth-order valence-electron chi connectivity index (χ4n) is 9.03. The molecule has 258 valence electrons. The van der Waals surface area contributed by atoms with Crippen LogP contribution in [0.5, 0.6) is 11.5 Å². The zero-order valence-corrected chi connectivity index (χ0v) is 30.1. The maximum atomic E-state index is 6.80. The summed E-state index contributed by atoms with van der Waals surface area (Å²) in [6.45, 7) is 0. The van der Waals surface area contributed by atoms with Gasteiger partial charge in [0.1, 0.15) is 11.5 Å². The summed E-state index contributed by atoms with van der Waals surface area (Å²) < 4.78 is 6.80. The lowest BCUT2D eigenvalue weighted by atomic mass is 9.65. The summed E-state index contributed by atoms with van der Waals surface area (Å²) in [6.07, 6.45) is 0. The van der Waals surface area contributed by atoms with Gasteiger partial charge in [-0.2, -0.15) is 0 Å². The lowest BCUT2D eigenvalue weighted by molar-refractivity contribution is 0.437. The fourth-order valence-corrected chi connectivity index (χ4v) is 9.03. The van der Waals surface area contributed by atoms with Gasteiger partial charge in [0.05, 0.1) is 5.41 Å².